The third-order valence-electron chi connectivity index (χ3n) is 5.68. The summed E-state index contributed by atoms with van der Waals surface area (Å²) in [6.45, 7) is 8.25. The lowest BCUT2D eigenvalue weighted by Crippen LogP contribution is -2.44. The number of hydrogen-bond acceptors (Lipinski definition) is 3. The lowest BCUT2D eigenvalue weighted by Gasteiger charge is -2.28. The molecule has 6 nitrogen and oxygen atoms in total. The Bertz CT molecular complexity index is 999. The summed E-state index contributed by atoms with van der Waals surface area (Å²) in [5, 5.41) is 0. The highest BCUT2D eigenvalue weighted by atomic mass is 32.2. The third-order valence-corrected chi connectivity index (χ3v) is 7.83. The van der Waals surface area contributed by atoms with Gasteiger partial charge in [0.15, 0.2) is 0 Å². The lowest BCUT2D eigenvalue weighted by molar-refractivity contribution is -0.132. The maximum absolute atomic E-state index is 13.5. The monoisotopic (exact) mass is 431 g/mol. The van der Waals surface area contributed by atoms with Crippen molar-refractivity contribution in [2.75, 3.05) is 13.1 Å². The lowest BCUT2D eigenvalue weighted by atomic mass is 10.1. The van der Waals surface area contributed by atoms with E-state index in [4.69, 9.17) is 0 Å². The van der Waals surface area contributed by atoms with Gasteiger partial charge in [-0.05, 0) is 63.3 Å². The molecule has 2 aromatic rings. The summed E-state index contributed by atoms with van der Waals surface area (Å²) in [6.07, 6.45) is 4.57. The highest BCUT2D eigenvalue weighted by molar-refractivity contribution is 7.89. The highest BCUT2D eigenvalue weighted by Gasteiger charge is 2.36. The molecule has 1 saturated carbocycles. The minimum atomic E-state index is -3.76. The number of carbonyl (C=O) groups is 1. The van der Waals surface area contributed by atoms with Crippen molar-refractivity contribution in [3.63, 3.8) is 0 Å². The molecular weight excluding hydrogens is 398 g/mol. The Labute approximate surface area is 180 Å². The van der Waals surface area contributed by atoms with Gasteiger partial charge in [0.1, 0.15) is 0 Å². The molecule has 7 heteroatoms. The SMILES string of the molecule is CCCN(CC(=O)N(Cc1cccn1C)C1CC1)S(=O)(=O)c1c(C)cc(C)cc1C. The minimum Gasteiger partial charge on any atom is -0.353 e. The van der Waals surface area contributed by atoms with Crippen molar-refractivity contribution in [3.05, 3.63) is 52.8 Å². The van der Waals surface area contributed by atoms with Crippen LogP contribution in [0.3, 0.4) is 0 Å². The Morgan fingerprint density at radius 3 is 2.30 bits per heavy atom. The molecule has 1 amide bonds. The van der Waals surface area contributed by atoms with Crippen LogP contribution < -0.4 is 0 Å². The van der Waals surface area contributed by atoms with E-state index >= 15 is 0 Å². The number of rotatable bonds is 9. The molecule has 30 heavy (non-hydrogen) atoms. The second kappa shape index (κ2) is 8.94. The van der Waals surface area contributed by atoms with E-state index in [2.05, 4.69) is 0 Å². The number of aryl methyl sites for hydroxylation is 4. The topological polar surface area (TPSA) is 62.6 Å². The molecule has 0 unspecified atom stereocenters. The van der Waals surface area contributed by atoms with Crippen molar-refractivity contribution in [3.8, 4) is 0 Å². The summed E-state index contributed by atoms with van der Waals surface area (Å²) < 4.78 is 30.4. The Balaban J connectivity index is 1.87. The average Bonchev–Trinajstić information content (AvgIpc) is 3.40. The number of sulfonamides is 1. The molecular formula is C23H33N3O3S. The summed E-state index contributed by atoms with van der Waals surface area (Å²) in [7, 11) is -1.80. The van der Waals surface area contributed by atoms with Gasteiger partial charge in [-0.2, -0.15) is 4.31 Å². The van der Waals surface area contributed by atoms with Crippen molar-refractivity contribution in [1.29, 1.82) is 0 Å². The molecule has 0 saturated heterocycles. The van der Waals surface area contributed by atoms with E-state index in [9.17, 15) is 13.2 Å². The van der Waals surface area contributed by atoms with Crippen LogP contribution in [-0.4, -0.2) is 47.2 Å². The first-order valence-corrected chi connectivity index (χ1v) is 12.1. The molecule has 1 fully saturated rings. The third kappa shape index (κ3) is 4.78. The minimum absolute atomic E-state index is 0.121. The number of amides is 1. The fourth-order valence-electron chi connectivity index (χ4n) is 4.12. The van der Waals surface area contributed by atoms with Crippen molar-refractivity contribution < 1.29 is 13.2 Å². The molecule has 3 rings (SSSR count). The highest BCUT2D eigenvalue weighted by Crippen LogP contribution is 2.30. The van der Waals surface area contributed by atoms with Crippen molar-refractivity contribution in [1.82, 2.24) is 13.8 Å². The first kappa shape index (κ1) is 22.6. The molecule has 1 heterocycles. The molecule has 1 aromatic carbocycles. The molecule has 0 bridgehead atoms. The number of carbonyl (C=O) groups excluding carboxylic acids is 1. The van der Waals surface area contributed by atoms with E-state index in [0.29, 0.717) is 24.4 Å². The molecule has 0 N–H and O–H groups in total. The fraction of sp³-hybridized carbons (Fsp3) is 0.522. The Morgan fingerprint density at radius 1 is 1.17 bits per heavy atom. The molecule has 1 aliphatic rings. The molecule has 0 atom stereocenters. The predicted octanol–water partition coefficient (Wildman–Crippen LogP) is 3.54. The van der Waals surface area contributed by atoms with E-state index in [1.807, 2.05) is 74.7 Å². The van der Waals surface area contributed by atoms with Crippen LogP contribution in [0.4, 0.5) is 0 Å². The number of benzene rings is 1. The second-order valence-electron chi connectivity index (χ2n) is 8.43. The van der Waals surface area contributed by atoms with Crippen LogP contribution in [0.15, 0.2) is 35.4 Å². The van der Waals surface area contributed by atoms with E-state index in [0.717, 1.165) is 35.2 Å². The summed E-state index contributed by atoms with van der Waals surface area (Å²) in [5.41, 5.74) is 3.53. The van der Waals surface area contributed by atoms with Crippen molar-refractivity contribution in [2.45, 2.75) is 64.4 Å². The van der Waals surface area contributed by atoms with Gasteiger partial charge in [0.05, 0.1) is 18.0 Å². The summed E-state index contributed by atoms with van der Waals surface area (Å²) in [4.78, 5) is 15.4. The molecule has 164 valence electrons. The number of aromatic nitrogens is 1. The predicted molar refractivity (Wildman–Crippen MR) is 119 cm³/mol. The van der Waals surface area contributed by atoms with E-state index in [-0.39, 0.29) is 18.5 Å². The molecule has 0 radical (unpaired) electrons. The van der Waals surface area contributed by atoms with Gasteiger partial charge in [0, 0.05) is 31.5 Å². The van der Waals surface area contributed by atoms with Crippen molar-refractivity contribution >= 4 is 15.9 Å². The molecule has 1 aromatic heterocycles. The second-order valence-corrected chi connectivity index (χ2v) is 10.3. The van der Waals surface area contributed by atoms with Gasteiger partial charge in [-0.15, -0.1) is 0 Å². The van der Waals surface area contributed by atoms with Gasteiger partial charge < -0.3 is 9.47 Å². The van der Waals surface area contributed by atoms with Crippen LogP contribution in [0.25, 0.3) is 0 Å². The summed E-state index contributed by atoms with van der Waals surface area (Å²) in [5.74, 6) is -0.127. The molecule has 0 spiro atoms. The van der Waals surface area contributed by atoms with Crippen LogP contribution in [0.2, 0.25) is 0 Å². The fourth-order valence-corrected chi connectivity index (χ4v) is 6.01. The smallest absolute Gasteiger partial charge is 0.244 e. The van der Waals surface area contributed by atoms with Gasteiger partial charge in [-0.1, -0.05) is 24.6 Å². The van der Waals surface area contributed by atoms with Gasteiger partial charge in [-0.3, -0.25) is 4.79 Å². The maximum Gasteiger partial charge on any atom is 0.244 e. The zero-order chi connectivity index (χ0) is 22.1. The van der Waals surface area contributed by atoms with Gasteiger partial charge in [0.2, 0.25) is 15.9 Å². The largest absolute Gasteiger partial charge is 0.353 e. The Morgan fingerprint density at radius 2 is 1.80 bits per heavy atom. The summed E-state index contributed by atoms with van der Waals surface area (Å²) >= 11 is 0. The van der Waals surface area contributed by atoms with E-state index < -0.39 is 10.0 Å². The zero-order valence-electron chi connectivity index (χ0n) is 18.7. The first-order valence-electron chi connectivity index (χ1n) is 10.6. The molecule has 0 aliphatic heterocycles. The van der Waals surface area contributed by atoms with E-state index in [1.54, 1.807) is 0 Å². The Kier molecular flexibility index (Phi) is 6.72. The maximum atomic E-state index is 13.5. The normalized spacial score (nSPS) is 14.3. The summed E-state index contributed by atoms with van der Waals surface area (Å²) in [6, 6.07) is 7.95. The van der Waals surface area contributed by atoms with Crippen LogP contribution in [0.5, 0.6) is 0 Å². The number of hydrogen-bond donors (Lipinski definition) is 0. The Hall–Kier alpha value is -2.12. The average molecular weight is 432 g/mol. The number of nitrogens with zero attached hydrogens (tertiary/aromatic N) is 3. The standard InChI is InChI=1S/C23H33N3O3S/c1-6-11-25(30(28,29)23-18(3)13-17(2)14-19(23)4)16-22(27)26(20-9-10-20)15-21-8-7-12-24(21)5/h7-8,12-14,20H,6,9-11,15-16H2,1-5H3. The quantitative estimate of drug-likeness (QED) is 0.610. The van der Waals surface area contributed by atoms with E-state index in [1.165, 1.54) is 4.31 Å². The van der Waals surface area contributed by atoms with Crippen molar-refractivity contribution in [2.24, 2.45) is 7.05 Å². The van der Waals surface area contributed by atoms with Crippen LogP contribution >= 0.6 is 0 Å². The van der Waals surface area contributed by atoms with Crippen LogP contribution in [0, 0.1) is 20.8 Å². The van der Waals surface area contributed by atoms with Crippen LogP contribution in [-0.2, 0) is 28.4 Å². The van der Waals surface area contributed by atoms with Gasteiger partial charge >= 0.3 is 0 Å². The van der Waals surface area contributed by atoms with Gasteiger partial charge in [-0.25, -0.2) is 8.42 Å². The first-order chi connectivity index (χ1) is 14.1. The van der Waals surface area contributed by atoms with Crippen LogP contribution in [0.1, 0.15) is 48.6 Å². The molecule has 1 aliphatic carbocycles. The van der Waals surface area contributed by atoms with Gasteiger partial charge in [0.25, 0.3) is 0 Å². The zero-order valence-corrected chi connectivity index (χ0v) is 19.5.